The van der Waals surface area contributed by atoms with Crippen molar-refractivity contribution in [2.75, 3.05) is 5.73 Å². The van der Waals surface area contributed by atoms with Crippen molar-refractivity contribution in [1.29, 1.82) is 5.39 Å². The predicted molar refractivity (Wildman–Crippen MR) is 82.0 cm³/mol. The third-order valence-electron chi connectivity index (χ3n) is 2.09. The fourth-order valence-electron chi connectivity index (χ4n) is 1.17. The van der Waals surface area contributed by atoms with Crippen LogP contribution in [0.15, 0.2) is 24.3 Å². The van der Waals surface area contributed by atoms with Gasteiger partial charge in [-0.15, -0.1) is 0 Å². The van der Waals surface area contributed by atoms with Gasteiger partial charge in [-0.2, -0.15) is 0 Å². The molecule has 0 bridgehead atoms. The first-order chi connectivity index (χ1) is 9.76. The molecule has 0 amide bonds. The molecular formula is C12H6Cl4F2N3+. The van der Waals surface area contributed by atoms with E-state index in [0.29, 0.717) is 5.69 Å². The molecule has 0 aliphatic heterocycles. The lowest BCUT2D eigenvalue weighted by molar-refractivity contribution is 0.628. The molecular weight excluding hydrogens is 366 g/mol. The van der Waals surface area contributed by atoms with Crippen molar-refractivity contribution < 1.29 is 8.78 Å². The predicted octanol–water partition coefficient (Wildman–Crippen LogP) is 6.33. The Bertz CT molecular complexity index is 670. The number of hydrogen-bond donors (Lipinski definition) is 1. The summed E-state index contributed by atoms with van der Waals surface area (Å²) in [5.74, 6) is -1.33. The zero-order valence-electron chi connectivity index (χ0n) is 10.0. The summed E-state index contributed by atoms with van der Waals surface area (Å²) in [6.45, 7) is 0. The van der Waals surface area contributed by atoms with E-state index in [1.165, 1.54) is 24.3 Å². The zero-order chi connectivity index (χ0) is 16.2. The fourth-order valence-corrected chi connectivity index (χ4v) is 2.15. The van der Waals surface area contributed by atoms with Gasteiger partial charge in [-0.1, -0.05) is 46.4 Å². The summed E-state index contributed by atoms with van der Waals surface area (Å²) in [5, 5.41) is 7.84. The summed E-state index contributed by atoms with van der Waals surface area (Å²) in [4.78, 5) is 2.80. The molecule has 110 valence electrons. The van der Waals surface area contributed by atoms with E-state index < -0.39 is 11.6 Å². The summed E-state index contributed by atoms with van der Waals surface area (Å²) in [5.41, 5.74) is 5.78. The smallest absolute Gasteiger partial charge is 0.388 e. The van der Waals surface area contributed by atoms with Gasteiger partial charge in [-0.3, -0.25) is 0 Å². The summed E-state index contributed by atoms with van der Waals surface area (Å²) < 4.78 is 25.3. The van der Waals surface area contributed by atoms with Crippen LogP contribution in [0.3, 0.4) is 0 Å². The van der Waals surface area contributed by atoms with Gasteiger partial charge in [0.15, 0.2) is 16.6 Å². The molecule has 2 aromatic carbocycles. The molecule has 2 aromatic rings. The minimum atomic E-state index is -0.708. The molecule has 0 unspecified atom stereocenters. The highest BCUT2D eigenvalue weighted by Gasteiger charge is 2.13. The van der Waals surface area contributed by atoms with Gasteiger partial charge in [-0.25, -0.2) is 8.78 Å². The van der Waals surface area contributed by atoms with Gasteiger partial charge in [0, 0.05) is 5.69 Å². The summed E-state index contributed by atoms with van der Waals surface area (Å²) >= 11 is 21.5. The molecule has 0 radical (unpaired) electrons. The quantitative estimate of drug-likeness (QED) is 0.334. The average molecular weight is 372 g/mol. The third-order valence-corrected chi connectivity index (χ3v) is 3.19. The first-order valence-corrected chi connectivity index (χ1v) is 6.67. The van der Waals surface area contributed by atoms with E-state index in [0.717, 1.165) is 0 Å². The monoisotopic (exact) mass is 370 g/mol. The van der Waals surface area contributed by atoms with Crippen molar-refractivity contribution in [3.63, 3.8) is 0 Å². The first kappa shape index (κ1) is 17.7. The Morgan fingerprint density at radius 3 is 1.48 bits per heavy atom. The van der Waals surface area contributed by atoms with Gasteiger partial charge in [0.2, 0.25) is 5.39 Å². The lowest BCUT2D eigenvalue weighted by Crippen LogP contribution is -1.86. The molecule has 3 nitrogen and oxygen atoms in total. The number of benzene rings is 2. The number of hydrogen-bond acceptors (Lipinski definition) is 2. The van der Waals surface area contributed by atoms with Crippen LogP contribution < -0.4 is 5.73 Å². The number of anilines is 1. The van der Waals surface area contributed by atoms with E-state index in [2.05, 4.69) is 4.98 Å². The highest BCUT2D eigenvalue weighted by atomic mass is 35.5. The van der Waals surface area contributed by atoms with E-state index in [9.17, 15) is 8.78 Å². The van der Waals surface area contributed by atoms with Crippen molar-refractivity contribution in [3.8, 4) is 0 Å². The van der Waals surface area contributed by atoms with Crippen LogP contribution in [0.2, 0.25) is 20.1 Å². The number of nitrogens with zero attached hydrogens (tertiary/aromatic N) is 2. The van der Waals surface area contributed by atoms with Crippen LogP contribution >= 0.6 is 46.4 Å². The Labute approximate surface area is 138 Å². The molecule has 0 heterocycles. The van der Waals surface area contributed by atoms with Crippen molar-refractivity contribution >= 4 is 57.8 Å². The second-order valence-corrected chi connectivity index (χ2v) is 5.25. The van der Waals surface area contributed by atoms with Crippen molar-refractivity contribution in [1.82, 2.24) is 0 Å². The number of nitrogen functional groups attached to an aromatic ring is 1. The van der Waals surface area contributed by atoms with Crippen LogP contribution in [0.1, 0.15) is 0 Å². The second kappa shape index (κ2) is 7.62. The molecule has 2 N–H and O–H groups in total. The normalized spacial score (nSPS) is 9.57. The van der Waals surface area contributed by atoms with Gasteiger partial charge in [0.1, 0.15) is 0 Å². The van der Waals surface area contributed by atoms with E-state index in [-0.39, 0.29) is 25.8 Å². The van der Waals surface area contributed by atoms with Crippen LogP contribution in [0, 0.1) is 17.0 Å². The fraction of sp³-hybridized carbons (Fsp3) is 0. The Hall–Kier alpha value is -1.32. The van der Waals surface area contributed by atoms with Gasteiger partial charge in [0.25, 0.3) is 0 Å². The van der Waals surface area contributed by atoms with E-state index >= 15 is 0 Å². The van der Waals surface area contributed by atoms with Gasteiger partial charge < -0.3 is 5.73 Å². The molecule has 0 saturated carbocycles. The number of diazo groups is 1. The Kier molecular flexibility index (Phi) is 6.43. The lowest BCUT2D eigenvalue weighted by Gasteiger charge is -1.97. The molecule has 0 saturated heterocycles. The highest BCUT2D eigenvalue weighted by molar-refractivity contribution is 6.35. The largest absolute Gasteiger partial charge is 0.399 e. The SMILES string of the molecule is N#[N+]c1cc(Cl)c(F)c(Cl)c1.Nc1cc(Cl)c(F)c(Cl)c1. The zero-order valence-corrected chi connectivity index (χ0v) is 13.1. The van der Waals surface area contributed by atoms with Crippen LogP contribution in [-0.4, -0.2) is 0 Å². The van der Waals surface area contributed by atoms with Crippen LogP contribution in [0.5, 0.6) is 0 Å². The number of rotatable bonds is 0. The second-order valence-electron chi connectivity index (χ2n) is 3.62. The van der Waals surface area contributed by atoms with Crippen molar-refractivity contribution in [2.45, 2.75) is 0 Å². The summed E-state index contributed by atoms with van der Waals surface area (Å²) in [6.07, 6.45) is 0. The Morgan fingerprint density at radius 1 is 0.810 bits per heavy atom. The van der Waals surface area contributed by atoms with Gasteiger partial charge in [-0.05, 0) is 12.1 Å². The summed E-state index contributed by atoms with van der Waals surface area (Å²) in [6, 6.07) is 4.96. The van der Waals surface area contributed by atoms with Crippen LogP contribution in [0.25, 0.3) is 4.98 Å². The molecule has 9 heteroatoms. The molecule has 0 fully saturated rings. The Balaban J connectivity index is 0.000000211. The number of halogens is 6. The molecule has 21 heavy (non-hydrogen) atoms. The highest BCUT2D eigenvalue weighted by Crippen LogP contribution is 2.28. The van der Waals surface area contributed by atoms with Crippen molar-refractivity contribution in [2.24, 2.45) is 0 Å². The van der Waals surface area contributed by atoms with Gasteiger partial charge in [0.05, 0.1) is 32.2 Å². The maximum atomic E-state index is 12.7. The maximum Gasteiger partial charge on any atom is 0.388 e. The van der Waals surface area contributed by atoms with E-state index in [1.807, 2.05) is 0 Å². The molecule has 0 atom stereocenters. The molecule has 2 rings (SSSR count). The standard InChI is InChI=1S/C6H2Cl2FN2.C6H4Cl2FN/c7-4-1-3(11-10)2-5(8)6(4)9;7-4-1-3(10)2-5(8)6(4)9/h1-2H;1-2H,10H2/q+1;. The van der Waals surface area contributed by atoms with Gasteiger partial charge >= 0.3 is 5.69 Å². The minimum Gasteiger partial charge on any atom is -0.399 e. The van der Waals surface area contributed by atoms with Crippen molar-refractivity contribution in [3.05, 3.63) is 61.0 Å². The number of nitrogens with two attached hydrogens (primary N) is 1. The topological polar surface area (TPSA) is 54.2 Å². The minimum absolute atomic E-state index is 0.0509. The van der Waals surface area contributed by atoms with Crippen LogP contribution in [0.4, 0.5) is 20.2 Å². The average Bonchev–Trinajstić information content (AvgIpc) is 2.42. The van der Waals surface area contributed by atoms with Crippen LogP contribution in [-0.2, 0) is 0 Å². The first-order valence-electron chi connectivity index (χ1n) is 5.16. The van der Waals surface area contributed by atoms with E-state index in [1.54, 1.807) is 0 Å². The Morgan fingerprint density at radius 2 is 1.14 bits per heavy atom. The lowest BCUT2D eigenvalue weighted by atomic mass is 10.3. The molecule has 0 spiro atoms. The molecule has 0 aliphatic carbocycles. The molecule has 0 aromatic heterocycles. The molecule has 0 aliphatic rings. The van der Waals surface area contributed by atoms with E-state index in [4.69, 9.17) is 57.5 Å². The third kappa shape index (κ3) is 4.87. The summed E-state index contributed by atoms with van der Waals surface area (Å²) in [7, 11) is 0. The maximum absolute atomic E-state index is 12.7.